The van der Waals surface area contributed by atoms with Crippen LogP contribution in [-0.2, 0) is 0 Å². The van der Waals surface area contributed by atoms with E-state index in [1.165, 1.54) is 16.5 Å². The monoisotopic (exact) mass is 376 g/mol. The predicted molar refractivity (Wildman–Crippen MR) is 115 cm³/mol. The van der Waals surface area contributed by atoms with Gasteiger partial charge in [0.05, 0.1) is 0 Å². The number of likely N-dealkylation sites (tertiary alicyclic amines) is 1. The number of rotatable bonds is 5. The van der Waals surface area contributed by atoms with Gasteiger partial charge >= 0.3 is 6.03 Å². The lowest BCUT2D eigenvalue weighted by atomic mass is 9.89. The van der Waals surface area contributed by atoms with Gasteiger partial charge in [0, 0.05) is 56.0 Å². The van der Waals surface area contributed by atoms with Gasteiger partial charge in [-0.3, -0.25) is 0 Å². The molecule has 0 spiro atoms. The average Bonchev–Trinajstić information content (AvgIpc) is 3.18. The number of nitrogens with zero attached hydrogens (tertiary/aromatic N) is 2. The molecule has 2 N–H and O–H groups in total. The van der Waals surface area contributed by atoms with Crippen molar-refractivity contribution in [2.45, 2.75) is 18.8 Å². The number of piperidine rings is 1. The first-order chi connectivity index (χ1) is 13.7. The summed E-state index contributed by atoms with van der Waals surface area (Å²) in [5.41, 5.74) is 3.75. The van der Waals surface area contributed by atoms with Gasteiger partial charge in [0.15, 0.2) is 0 Å². The fourth-order valence-corrected chi connectivity index (χ4v) is 4.08. The number of urea groups is 1. The van der Waals surface area contributed by atoms with Crippen LogP contribution >= 0.6 is 0 Å². The average molecular weight is 377 g/mol. The minimum atomic E-state index is 0.0545. The van der Waals surface area contributed by atoms with Crippen molar-refractivity contribution in [3.63, 3.8) is 0 Å². The van der Waals surface area contributed by atoms with E-state index in [2.05, 4.69) is 57.8 Å². The maximum Gasteiger partial charge on any atom is 0.317 e. The molecule has 0 aliphatic carbocycles. The van der Waals surface area contributed by atoms with Gasteiger partial charge in [0.2, 0.25) is 0 Å². The zero-order valence-electron chi connectivity index (χ0n) is 16.4. The summed E-state index contributed by atoms with van der Waals surface area (Å²) in [6.45, 7) is 3.06. The Morgan fingerprint density at radius 1 is 1.11 bits per heavy atom. The fourth-order valence-electron chi connectivity index (χ4n) is 4.08. The van der Waals surface area contributed by atoms with Gasteiger partial charge in [-0.2, -0.15) is 0 Å². The minimum Gasteiger partial charge on any atom is -0.373 e. The number of anilines is 1. The molecule has 0 unspecified atom stereocenters. The van der Waals surface area contributed by atoms with E-state index in [0.717, 1.165) is 38.2 Å². The van der Waals surface area contributed by atoms with Crippen molar-refractivity contribution in [2.24, 2.45) is 0 Å². The molecule has 28 heavy (non-hydrogen) atoms. The molecule has 4 rings (SSSR count). The van der Waals surface area contributed by atoms with Crippen LogP contribution in [0.2, 0.25) is 0 Å². The number of para-hydroxylation sites is 2. The van der Waals surface area contributed by atoms with E-state index in [-0.39, 0.29) is 6.03 Å². The number of amides is 2. The van der Waals surface area contributed by atoms with Gasteiger partial charge < -0.3 is 20.1 Å². The molecule has 2 heterocycles. The molecule has 0 bridgehead atoms. The second-order valence-corrected chi connectivity index (χ2v) is 7.54. The van der Waals surface area contributed by atoms with E-state index in [0.29, 0.717) is 12.5 Å². The first-order valence-electron chi connectivity index (χ1n) is 10.1. The Balaban J connectivity index is 1.25. The van der Waals surface area contributed by atoms with Gasteiger partial charge in [0.25, 0.3) is 0 Å². The van der Waals surface area contributed by atoms with Gasteiger partial charge in [-0.15, -0.1) is 0 Å². The highest BCUT2D eigenvalue weighted by atomic mass is 16.2. The summed E-state index contributed by atoms with van der Waals surface area (Å²) in [5.74, 6) is 0.518. The molecule has 2 amide bonds. The molecular weight excluding hydrogens is 348 g/mol. The Morgan fingerprint density at radius 2 is 1.82 bits per heavy atom. The second kappa shape index (κ2) is 8.38. The van der Waals surface area contributed by atoms with Crippen LogP contribution in [0.4, 0.5) is 10.5 Å². The predicted octanol–water partition coefficient (Wildman–Crippen LogP) is 4.19. The number of carbonyl (C=O) groups excluding carboxylic acids is 1. The molecule has 0 atom stereocenters. The van der Waals surface area contributed by atoms with Crippen LogP contribution in [0.1, 0.15) is 24.3 Å². The topological polar surface area (TPSA) is 51.4 Å². The lowest BCUT2D eigenvalue weighted by Gasteiger charge is -2.32. The van der Waals surface area contributed by atoms with E-state index < -0.39 is 0 Å². The Morgan fingerprint density at radius 3 is 2.61 bits per heavy atom. The van der Waals surface area contributed by atoms with Crippen LogP contribution in [-0.4, -0.2) is 49.1 Å². The maximum absolute atomic E-state index is 12.5. The van der Waals surface area contributed by atoms with Crippen LogP contribution in [0.15, 0.2) is 60.8 Å². The lowest BCUT2D eigenvalue weighted by molar-refractivity contribution is 0.182. The van der Waals surface area contributed by atoms with Gasteiger partial charge in [0.1, 0.15) is 0 Å². The van der Waals surface area contributed by atoms with Crippen molar-refractivity contribution in [1.29, 1.82) is 0 Å². The van der Waals surface area contributed by atoms with E-state index >= 15 is 0 Å². The fraction of sp³-hybridized carbons (Fsp3) is 0.348. The highest BCUT2D eigenvalue weighted by Gasteiger charge is 2.25. The first kappa shape index (κ1) is 18.4. The Labute approximate surface area is 166 Å². The highest BCUT2D eigenvalue weighted by Crippen LogP contribution is 2.33. The summed E-state index contributed by atoms with van der Waals surface area (Å²) in [6.07, 6.45) is 4.17. The Hall–Kier alpha value is -2.95. The molecule has 1 aromatic heterocycles. The summed E-state index contributed by atoms with van der Waals surface area (Å²) in [7, 11) is 2.05. The Kier molecular flexibility index (Phi) is 5.51. The molecule has 5 heteroatoms. The summed E-state index contributed by atoms with van der Waals surface area (Å²) < 4.78 is 0. The van der Waals surface area contributed by atoms with E-state index in [9.17, 15) is 4.79 Å². The van der Waals surface area contributed by atoms with Crippen LogP contribution in [0.5, 0.6) is 0 Å². The molecule has 5 nitrogen and oxygen atoms in total. The molecule has 1 aliphatic rings. The third-order valence-electron chi connectivity index (χ3n) is 5.76. The van der Waals surface area contributed by atoms with Crippen LogP contribution < -0.4 is 10.2 Å². The van der Waals surface area contributed by atoms with Gasteiger partial charge in [-0.25, -0.2) is 4.79 Å². The molecule has 0 radical (unpaired) electrons. The van der Waals surface area contributed by atoms with E-state index in [1.807, 2.05) is 30.1 Å². The van der Waals surface area contributed by atoms with Crippen molar-refractivity contribution in [2.75, 3.05) is 38.1 Å². The highest BCUT2D eigenvalue weighted by molar-refractivity contribution is 5.83. The number of carbonyl (C=O) groups is 1. The van der Waals surface area contributed by atoms with Crippen molar-refractivity contribution < 1.29 is 4.79 Å². The normalized spacial score (nSPS) is 15.0. The number of H-pyrrole nitrogens is 1. The summed E-state index contributed by atoms with van der Waals surface area (Å²) >= 11 is 0. The standard InChI is InChI=1S/C23H28N4O/c1-26(19-7-3-2-4-8-19)16-13-24-23(28)27-14-11-18(12-15-27)21-17-25-22-10-6-5-9-20(21)22/h2-10,17-18,25H,11-16H2,1H3,(H,24,28). The SMILES string of the molecule is CN(CCNC(=O)N1CCC(c2c[nH]c3ccccc23)CC1)c1ccccc1. The smallest absolute Gasteiger partial charge is 0.317 e. The molecule has 2 aromatic carbocycles. The number of hydrogen-bond acceptors (Lipinski definition) is 2. The molecule has 0 saturated carbocycles. The van der Waals surface area contributed by atoms with E-state index in [4.69, 9.17) is 0 Å². The first-order valence-corrected chi connectivity index (χ1v) is 10.1. The number of likely N-dealkylation sites (N-methyl/N-ethyl adjacent to an activating group) is 1. The molecular formula is C23H28N4O. The van der Waals surface area contributed by atoms with Crippen molar-refractivity contribution in [1.82, 2.24) is 15.2 Å². The third kappa shape index (κ3) is 3.98. The summed E-state index contributed by atoms with van der Waals surface area (Å²) in [4.78, 5) is 20.0. The minimum absolute atomic E-state index is 0.0545. The van der Waals surface area contributed by atoms with Crippen LogP contribution in [0, 0.1) is 0 Å². The number of aromatic amines is 1. The van der Waals surface area contributed by atoms with Crippen molar-refractivity contribution >= 4 is 22.6 Å². The number of aromatic nitrogens is 1. The zero-order chi connectivity index (χ0) is 19.3. The largest absolute Gasteiger partial charge is 0.373 e. The lowest BCUT2D eigenvalue weighted by Crippen LogP contribution is -2.45. The third-order valence-corrected chi connectivity index (χ3v) is 5.76. The van der Waals surface area contributed by atoms with E-state index in [1.54, 1.807) is 0 Å². The Bertz CT molecular complexity index is 913. The van der Waals surface area contributed by atoms with Crippen LogP contribution in [0.3, 0.4) is 0 Å². The van der Waals surface area contributed by atoms with Gasteiger partial charge in [-0.05, 0) is 42.5 Å². The number of nitrogens with one attached hydrogen (secondary N) is 2. The molecule has 1 fully saturated rings. The molecule has 1 aliphatic heterocycles. The van der Waals surface area contributed by atoms with Crippen molar-refractivity contribution in [3.05, 3.63) is 66.4 Å². The molecule has 146 valence electrons. The van der Waals surface area contributed by atoms with Gasteiger partial charge in [-0.1, -0.05) is 36.4 Å². The quantitative estimate of drug-likeness (QED) is 0.701. The van der Waals surface area contributed by atoms with Crippen LogP contribution in [0.25, 0.3) is 10.9 Å². The zero-order valence-corrected chi connectivity index (χ0v) is 16.4. The number of benzene rings is 2. The number of hydrogen-bond donors (Lipinski definition) is 2. The second-order valence-electron chi connectivity index (χ2n) is 7.54. The van der Waals surface area contributed by atoms with Crippen molar-refractivity contribution in [3.8, 4) is 0 Å². The maximum atomic E-state index is 12.5. The summed E-state index contributed by atoms with van der Waals surface area (Å²) in [6, 6.07) is 18.7. The molecule has 1 saturated heterocycles. The summed E-state index contributed by atoms with van der Waals surface area (Å²) in [5, 5.41) is 4.39. The number of fused-ring (bicyclic) bond motifs is 1. The molecule has 3 aromatic rings.